The number of aromatic nitrogens is 3. The highest BCUT2D eigenvalue weighted by atomic mass is 16.5. The van der Waals surface area contributed by atoms with Crippen molar-refractivity contribution in [2.45, 2.75) is 39.5 Å². The maximum Gasteiger partial charge on any atom is 0.256 e. The zero-order valence-electron chi connectivity index (χ0n) is 12.1. The van der Waals surface area contributed by atoms with Crippen LogP contribution in [0.4, 0.5) is 0 Å². The molecule has 2 heterocycles. The number of carbonyl (C=O) groups excluding carboxylic acids is 1. The third kappa shape index (κ3) is 3.26. The zero-order valence-corrected chi connectivity index (χ0v) is 12.1. The molecule has 2 N–H and O–H groups in total. The van der Waals surface area contributed by atoms with Crippen LogP contribution >= 0.6 is 0 Å². The standard InChI is InChI=1S/C14H20N4O2/c1-9(2)13-12(10(3)18-20-13)14(19)17-6-4-5-11-15-7-8-16-11/h7-9H,4-6H2,1-3H3,(H,15,16)(H,17,19). The SMILES string of the molecule is Cc1noc(C(C)C)c1C(=O)NCCCc1ncc[nH]1. The number of aryl methyl sites for hydroxylation is 2. The van der Waals surface area contributed by atoms with Gasteiger partial charge in [-0.1, -0.05) is 19.0 Å². The molecule has 1 amide bonds. The Hall–Kier alpha value is -2.11. The summed E-state index contributed by atoms with van der Waals surface area (Å²) in [5.41, 5.74) is 1.20. The smallest absolute Gasteiger partial charge is 0.256 e. The summed E-state index contributed by atoms with van der Waals surface area (Å²) in [4.78, 5) is 19.4. The van der Waals surface area contributed by atoms with Gasteiger partial charge in [0.1, 0.15) is 11.4 Å². The van der Waals surface area contributed by atoms with Crippen LogP contribution in [-0.2, 0) is 6.42 Å². The summed E-state index contributed by atoms with van der Waals surface area (Å²) < 4.78 is 5.22. The third-order valence-electron chi connectivity index (χ3n) is 3.07. The number of carbonyl (C=O) groups is 1. The number of amides is 1. The van der Waals surface area contributed by atoms with Crippen molar-refractivity contribution in [3.63, 3.8) is 0 Å². The number of aromatic amines is 1. The van der Waals surface area contributed by atoms with Crippen molar-refractivity contribution in [3.8, 4) is 0 Å². The van der Waals surface area contributed by atoms with Crippen LogP contribution in [0.25, 0.3) is 0 Å². The van der Waals surface area contributed by atoms with Gasteiger partial charge < -0.3 is 14.8 Å². The van der Waals surface area contributed by atoms with E-state index in [1.54, 1.807) is 19.3 Å². The summed E-state index contributed by atoms with van der Waals surface area (Å²) in [6.45, 7) is 6.34. The molecule has 0 saturated heterocycles. The summed E-state index contributed by atoms with van der Waals surface area (Å²) in [7, 11) is 0. The molecule has 0 aliphatic heterocycles. The van der Waals surface area contributed by atoms with Crippen LogP contribution in [0.15, 0.2) is 16.9 Å². The Labute approximate surface area is 118 Å². The van der Waals surface area contributed by atoms with Gasteiger partial charge in [-0.05, 0) is 13.3 Å². The average Bonchev–Trinajstić information content (AvgIpc) is 3.03. The molecule has 0 fully saturated rings. The average molecular weight is 276 g/mol. The number of rotatable bonds is 6. The Morgan fingerprint density at radius 2 is 2.30 bits per heavy atom. The lowest BCUT2D eigenvalue weighted by molar-refractivity contribution is 0.0950. The van der Waals surface area contributed by atoms with Crippen LogP contribution in [-0.4, -0.2) is 27.6 Å². The second-order valence-electron chi connectivity index (χ2n) is 5.06. The Kier molecular flexibility index (Phi) is 4.55. The van der Waals surface area contributed by atoms with Gasteiger partial charge in [-0.25, -0.2) is 4.98 Å². The highest BCUT2D eigenvalue weighted by Crippen LogP contribution is 2.21. The molecule has 0 spiro atoms. The van der Waals surface area contributed by atoms with Gasteiger partial charge >= 0.3 is 0 Å². The maximum absolute atomic E-state index is 12.2. The molecule has 2 rings (SSSR count). The van der Waals surface area contributed by atoms with Gasteiger partial charge in [0.2, 0.25) is 0 Å². The minimum absolute atomic E-state index is 0.119. The molecule has 2 aromatic rings. The van der Waals surface area contributed by atoms with Crippen molar-refractivity contribution < 1.29 is 9.32 Å². The molecule has 108 valence electrons. The van der Waals surface area contributed by atoms with E-state index in [4.69, 9.17) is 4.52 Å². The van der Waals surface area contributed by atoms with Crippen molar-refractivity contribution in [1.82, 2.24) is 20.4 Å². The van der Waals surface area contributed by atoms with Gasteiger partial charge in [0.15, 0.2) is 5.76 Å². The molecule has 6 heteroatoms. The molecule has 0 aliphatic carbocycles. The first kappa shape index (κ1) is 14.3. The van der Waals surface area contributed by atoms with Gasteiger partial charge in [0, 0.05) is 31.3 Å². The van der Waals surface area contributed by atoms with E-state index >= 15 is 0 Å². The number of hydrogen-bond acceptors (Lipinski definition) is 4. The Bertz CT molecular complexity index is 558. The minimum atomic E-state index is -0.119. The highest BCUT2D eigenvalue weighted by molar-refractivity contribution is 5.96. The normalized spacial score (nSPS) is 11.0. The zero-order chi connectivity index (χ0) is 14.5. The monoisotopic (exact) mass is 276 g/mol. The summed E-state index contributed by atoms with van der Waals surface area (Å²) in [5.74, 6) is 1.60. The summed E-state index contributed by atoms with van der Waals surface area (Å²) in [5, 5.41) is 6.78. The summed E-state index contributed by atoms with van der Waals surface area (Å²) in [6.07, 6.45) is 5.17. The first-order valence-corrected chi connectivity index (χ1v) is 6.82. The van der Waals surface area contributed by atoms with Gasteiger partial charge in [-0.2, -0.15) is 0 Å². The predicted molar refractivity (Wildman–Crippen MR) is 74.6 cm³/mol. The first-order chi connectivity index (χ1) is 9.59. The van der Waals surface area contributed by atoms with Crippen LogP contribution in [0, 0.1) is 6.92 Å². The predicted octanol–water partition coefficient (Wildman–Crippen LogP) is 2.19. The number of nitrogens with zero attached hydrogens (tertiary/aromatic N) is 2. The molecule has 2 aromatic heterocycles. The molecule has 6 nitrogen and oxygen atoms in total. The van der Waals surface area contributed by atoms with Gasteiger partial charge in [0.05, 0.1) is 5.69 Å². The van der Waals surface area contributed by atoms with Crippen LogP contribution in [0.3, 0.4) is 0 Å². The Balaban J connectivity index is 1.87. The number of H-pyrrole nitrogens is 1. The molecule has 0 saturated carbocycles. The molecule has 20 heavy (non-hydrogen) atoms. The fourth-order valence-corrected chi connectivity index (χ4v) is 2.04. The molecular weight excluding hydrogens is 256 g/mol. The van der Waals surface area contributed by atoms with E-state index in [-0.39, 0.29) is 11.8 Å². The number of hydrogen-bond donors (Lipinski definition) is 2. The second-order valence-corrected chi connectivity index (χ2v) is 5.06. The molecule has 0 bridgehead atoms. The summed E-state index contributed by atoms with van der Waals surface area (Å²) in [6, 6.07) is 0. The lowest BCUT2D eigenvalue weighted by atomic mass is 10.0. The molecule has 0 atom stereocenters. The maximum atomic E-state index is 12.2. The van der Waals surface area contributed by atoms with Gasteiger partial charge in [-0.3, -0.25) is 4.79 Å². The van der Waals surface area contributed by atoms with E-state index in [1.807, 2.05) is 13.8 Å². The van der Waals surface area contributed by atoms with Crippen LogP contribution in [0.5, 0.6) is 0 Å². The van der Waals surface area contributed by atoms with Crippen LogP contribution in [0.2, 0.25) is 0 Å². The quantitative estimate of drug-likeness (QED) is 0.792. The third-order valence-corrected chi connectivity index (χ3v) is 3.07. The molecule has 0 aliphatic rings. The first-order valence-electron chi connectivity index (χ1n) is 6.82. The lowest BCUT2D eigenvalue weighted by Crippen LogP contribution is -2.26. The van der Waals surface area contributed by atoms with E-state index in [2.05, 4.69) is 20.4 Å². The van der Waals surface area contributed by atoms with Crippen molar-refractivity contribution in [1.29, 1.82) is 0 Å². The minimum Gasteiger partial charge on any atom is -0.360 e. The van der Waals surface area contributed by atoms with Crippen molar-refractivity contribution >= 4 is 5.91 Å². The van der Waals surface area contributed by atoms with E-state index in [0.29, 0.717) is 23.6 Å². The molecular formula is C14H20N4O2. The van der Waals surface area contributed by atoms with Crippen molar-refractivity contribution in [2.75, 3.05) is 6.54 Å². The lowest BCUT2D eigenvalue weighted by Gasteiger charge is -2.06. The van der Waals surface area contributed by atoms with E-state index in [9.17, 15) is 4.79 Å². The highest BCUT2D eigenvalue weighted by Gasteiger charge is 2.21. The molecule has 0 radical (unpaired) electrons. The number of nitrogens with one attached hydrogen (secondary N) is 2. The van der Waals surface area contributed by atoms with Crippen LogP contribution < -0.4 is 5.32 Å². The van der Waals surface area contributed by atoms with Gasteiger partial charge in [0.25, 0.3) is 5.91 Å². The van der Waals surface area contributed by atoms with Crippen molar-refractivity contribution in [2.24, 2.45) is 0 Å². The fourth-order valence-electron chi connectivity index (χ4n) is 2.04. The Morgan fingerprint density at radius 1 is 1.50 bits per heavy atom. The molecule has 0 aromatic carbocycles. The van der Waals surface area contributed by atoms with E-state index in [0.717, 1.165) is 18.7 Å². The fraction of sp³-hybridized carbons (Fsp3) is 0.500. The van der Waals surface area contributed by atoms with E-state index in [1.165, 1.54) is 0 Å². The largest absolute Gasteiger partial charge is 0.360 e. The van der Waals surface area contributed by atoms with Crippen molar-refractivity contribution in [3.05, 3.63) is 35.2 Å². The van der Waals surface area contributed by atoms with Crippen LogP contribution in [0.1, 0.15) is 53.8 Å². The Morgan fingerprint density at radius 3 is 2.95 bits per heavy atom. The van der Waals surface area contributed by atoms with Gasteiger partial charge in [-0.15, -0.1) is 0 Å². The number of imidazole rings is 1. The van der Waals surface area contributed by atoms with E-state index < -0.39 is 0 Å². The molecule has 0 unspecified atom stereocenters. The topological polar surface area (TPSA) is 83.8 Å². The summed E-state index contributed by atoms with van der Waals surface area (Å²) >= 11 is 0. The second kappa shape index (κ2) is 6.36.